The van der Waals surface area contributed by atoms with Crippen LogP contribution >= 0.6 is 0 Å². The zero-order valence-corrected chi connectivity index (χ0v) is 8.43. The molecule has 0 heterocycles. The maximum absolute atomic E-state index is 0. The van der Waals surface area contributed by atoms with E-state index in [1.807, 2.05) is 0 Å². The summed E-state index contributed by atoms with van der Waals surface area (Å²) in [5.41, 5.74) is 0. The second-order valence-corrected chi connectivity index (χ2v) is 0. The molecule has 0 bridgehead atoms. The molecule has 31 valence electrons. The first-order valence-corrected chi connectivity index (χ1v) is 0. The van der Waals surface area contributed by atoms with E-state index in [1.54, 1.807) is 0 Å². The molecule has 0 aromatic carbocycles. The second kappa shape index (κ2) is 27.2. The summed E-state index contributed by atoms with van der Waals surface area (Å²) in [6.45, 7) is 0. The zero-order chi connectivity index (χ0) is 0. The fraction of sp³-hybridized carbons (Fsp3) is 0. The van der Waals surface area contributed by atoms with Gasteiger partial charge in [0.2, 0.25) is 0 Å². The number of hydrogen-bond acceptors (Lipinski definition) is 0. The van der Waals surface area contributed by atoms with Crippen LogP contribution in [0, 0.1) is 0 Å². The molecule has 0 amide bonds. The van der Waals surface area contributed by atoms with Crippen LogP contribution in [-0.4, -0.2) is 17.4 Å². The molecule has 5 heavy (non-hydrogen) atoms. The Morgan fingerprint density at radius 2 is 1.00 bits per heavy atom. The average Bonchev–Trinajstić information content (AvgIpc) is 0. The van der Waals surface area contributed by atoms with E-state index in [9.17, 15) is 0 Å². The minimum absolute atomic E-state index is 0. The Morgan fingerprint density at radius 1 is 1.00 bits per heavy atom. The Kier molecular flexibility index (Phi) is 227. The molecule has 5 heteroatoms. The molecule has 0 aliphatic heterocycles. The summed E-state index contributed by atoms with van der Waals surface area (Å²) in [6, 6.07) is 0. The van der Waals surface area contributed by atoms with Gasteiger partial charge in [0.1, 0.15) is 0 Å². The van der Waals surface area contributed by atoms with Gasteiger partial charge in [0, 0.05) is 81.7 Å². The van der Waals surface area contributed by atoms with Crippen molar-refractivity contribution in [1.29, 1.82) is 0 Å². The molecule has 0 atom stereocenters. The Labute approximate surface area is 97.3 Å². The Hall–Kier alpha value is 3.17. The van der Waals surface area contributed by atoms with Gasteiger partial charge in [-0.05, 0) is 0 Å². The predicted molar refractivity (Wildman–Crippen MR) is 9.94 cm³/mol. The van der Waals surface area contributed by atoms with Gasteiger partial charge >= 0.3 is 0 Å². The normalized spacial score (nSPS) is 0. The Morgan fingerprint density at radius 3 is 1.00 bits per heavy atom. The topological polar surface area (TPSA) is 0 Å². The van der Waals surface area contributed by atoms with E-state index >= 15 is 0 Å². The van der Waals surface area contributed by atoms with Gasteiger partial charge in [0.15, 0.2) is 17.4 Å². The average molecular weight is 325 g/mol. The SMILES string of the molecule is [AlH3].[Mo].[Nb].[Ni].[Ti]. The van der Waals surface area contributed by atoms with Gasteiger partial charge in [-0.2, -0.15) is 0 Å². The van der Waals surface area contributed by atoms with Crippen LogP contribution in [0.4, 0.5) is 0 Å². The van der Waals surface area contributed by atoms with Crippen LogP contribution in [0.3, 0.4) is 0 Å². The van der Waals surface area contributed by atoms with Gasteiger partial charge in [-0.1, -0.05) is 0 Å². The minimum atomic E-state index is 0. The van der Waals surface area contributed by atoms with E-state index in [4.69, 9.17) is 0 Å². The van der Waals surface area contributed by atoms with Crippen LogP contribution in [0.15, 0.2) is 0 Å². The molecule has 0 aromatic heterocycles. The Bertz CT molecular complexity index is 11.6. The molecule has 0 saturated carbocycles. The largest absolute Gasteiger partial charge is 0.187 e. The van der Waals surface area contributed by atoms with Crippen LogP contribution in [0.1, 0.15) is 0 Å². The van der Waals surface area contributed by atoms with Gasteiger partial charge in [-0.3, -0.25) is 0 Å². The third-order valence-corrected chi connectivity index (χ3v) is 0. The zero-order valence-electron chi connectivity index (χ0n) is 1.67. The van der Waals surface area contributed by atoms with Crippen LogP contribution in [-0.2, 0) is 81.7 Å². The maximum Gasteiger partial charge on any atom is 0.187 e. The molecule has 0 aliphatic rings. The monoisotopic (exact) mass is 327 g/mol. The molecule has 0 aromatic rings. The summed E-state index contributed by atoms with van der Waals surface area (Å²) in [5.74, 6) is 0. The van der Waals surface area contributed by atoms with E-state index in [0.29, 0.717) is 0 Å². The maximum atomic E-state index is 0. The van der Waals surface area contributed by atoms with Crippen LogP contribution in [0.25, 0.3) is 0 Å². The number of rotatable bonds is 0. The van der Waals surface area contributed by atoms with E-state index in [2.05, 4.69) is 0 Å². The summed E-state index contributed by atoms with van der Waals surface area (Å²) in [5, 5.41) is 0. The first kappa shape index (κ1) is 41.8. The smallest absolute Gasteiger partial charge is 0 e. The predicted octanol–water partition coefficient (Wildman–Crippen LogP) is -1.19. The van der Waals surface area contributed by atoms with Crippen molar-refractivity contribution in [2.75, 3.05) is 0 Å². The minimum Gasteiger partial charge on any atom is 0 e. The van der Waals surface area contributed by atoms with Gasteiger partial charge in [-0.15, -0.1) is 0 Å². The molecule has 0 fully saturated rings. The van der Waals surface area contributed by atoms with Crippen LogP contribution in [0.5, 0.6) is 0 Å². The molecule has 0 aliphatic carbocycles. The van der Waals surface area contributed by atoms with E-state index in [-0.39, 0.29) is 99.0 Å². The first-order chi connectivity index (χ1) is 0. The number of hydrogen-bond donors (Lipinski definition) is 0. The third-order valence-electron chi connectivity index (χ3n) is 0. The van der Waals surface area contributed by atoms with Crippen molar-refractivity contribution in [3.05, 3.63) is 0 Å². The van der Waals surface area contributed by atoms with Crippen molar-refractivity contribution in [2.45, 2.75) is 0 Å². The third kappa shape index (κ3) is 19.1. The molecule has 1 radical (unpaired) electrons. The molecule has 0 rings (SSSR count). The molecule has 0 N–H and O–H groups in total. The van der Waals surface area contributed by atoms with E-state index in [0.717, 1.165) is 0 Å². The van der Waals surface area contributed by atoms with Crippen molar-refractivity contribution < 1.29 is 81.7 Å². The van der Waals surface area contributed by atoms with E-state index in [1.165, 1.54) is 0 Å². The summed E-state index contributed by atoms with van der Waals surface area (Å²) in [7, 11) is 0. The summed E-state index contributed by atoms with van der Waals surface area (Å²) in [4.78, 5) is 0. The Balaban J connectivity index is 0. The van der Waals surface area contributed by atoms with Gasteiger partial charge in [0.05, 0.1) is 0 Å². The van der Waals surface area contributed by atoms with Gasteiger partial charge < -0.3 is 0 Å². The summed E-state index contributed by atoms with van der Waals surface area (Å²) >= 11 is 0. The molecule has 0 unspecified atom stereocenters. The molecular formula is H3AlMoNbNiTi. The fourth-order valence-electron chi connectivity index (χ4n) is 0. The van der Waals surface area contributed by atoms with Crippen molar-refractivity contribution in [3.8, 4) is 0 Å². The molecule has 0 spiro atoms. The fourth-order valence-corrected chi connectivity index (χ4v) is 0. The molecule has 0 nitrogen and oxygen atoms in total. The second-order valence-electron chi connectivity index (χ2n) is 0. The van der Waals surface area contributed by atoms with Crippen LogP contribution < -0.4 is 0 Å². The standard InChI is InChI=1S/Al.Mo.Nb.Ni.Ti.3H. The van der Waals surface area contributed by atoms with Crippen molar-refractivity contribution in [2.24, 2.45) is 0 Å². The van der Waals surface area contributed by atoms with Gasteiger partial charge in [-0.25, -0.2) is 0 Å². The van der Waals surface area contributed by atoms with Crippen molar-refractivity contribution >= 4 is 17.4 Å². The molecule has 0 saturated heterocycles. The molecular weight excluding hydrogens is 322 g/mol. The van der Waals surface area contributed by atoms with E-state index < -0.39 is 0 Å². The summed E-state index contributed by atoms with van der Waals surface area (Å²) in [6.07, 6.45) is 0. The van der Waals surface area contributed by atoms with Crippen molar-refractivity contribution in [1.82, 2.24) is 0 Å². The van der Waals surface area contributed by atoms with Crippen molar-refractivity contribution in [3.63, 3.8) is 0 Å². The summed E-state index contributed by atoms with van der Waals surface area (Å²) < 4.78 is 0. The first-order valence-electron chi connectivity index (χ1n) is 0. The quantitative estimate of drug-likeness (QED) is 0.491. The van der Waals surface area contributed by atoms with Crippen LogP contribution in [0.2, 0.25) is 0 Å². The van der Waals surface area contributed by atoms with Gasteiger partial charge in [0.25, 0.3) is 0 Å².